The fourth-order valence-electron chi connectivity index (χ4n) is 3.22. The van der Waals surface area contributed by atoms with E-state index in [-0.39, 0.29) is 18.0 Å². The van der Waals surface area contributed by atoms with Gasteiger partial charge >= 0.3 is 0 Å². The van der Waals surface area contributed by atoms with Crippen molar-refractivity contribution in [3.63, 3.8) is 0 Å². The van der Waals surface area contributed by atoms with Gasteiger partial charge in [0.05, 0.1) is 14.2 Å². The molecule has 1 heterocycles. The normalized spacial score (nSPS) is 20.0. The van der Waals surface area contributed by atoms with Crippen LogP contribution in [0.1, 0.15) is 37.4 Å². The molecule has 5 heteroatoms. The molecule has 5 nitrogen and oxygen atoms in total. The van der Waals surface area contributed by atoms with Crippen molar-refractivity contribution in [3.8, 4) is 17.2 Å². The fraction of sp³-hybridized carbons (Fsp3) is 0.381. The number of benzene rings is 2. The van der Waals surface area contributed by atoms with Gasteiger partial charge in [-0.2, -0.15) is 0 Å². The second-order valence-electron chi connectivity index (χ2n) is 6.81. The molecule has 3 rings (SSSR count). The number of hydrogen-bond donors (Lipinski definition) is 2. The van der Waals surface area contributed by atoms with Crippen LogP contribution in [0.4, 0.5) is 0 Å². The summed E-state index contributed by atoms with van der Waals surface area (Å²) in [5.74, 6) is 1.83. The Kier molecular flexibility index (Phi) is 5.47. The van der Waals surface area contributed by atoms with Crippen LogP contribution in [0, 0.1) is 5.92 Å². The van der Waals surface area contributed by atoms with Crippen LogP contribution in [0.2, 0.25) is 0 Å². The predicted molar refractivity (Wildman–Crippen MR) is 103 cm³/mol. The molecule has 26 heavy (non-hydrogen) atoms. The first-order chi connectivity index (χ1) is 12.5. The second kappa shape index (κ2) is 7.79. The maximum atomic E-state index is 10.6. The number of phenols is 1. The Balaban J connectivity index is 1.96. The minimum Gasteiger partial charge on any atom is -0.504 e. The molecule has 0 aliphatic carbocycles. The molecule has 2 atom stereocenters. The van der Waals surface area contributed by atoms with E-state index >= 15 is 0 Å². The molecule has 2 aromatic carbocycles. The van der Waals surface area contributed by atoms with Gasteiger partial charge in [-0.25, -0.2) is 0 Å². The monoisotopic (exact) mass is 354 g/mol. The first kappa shape index (κ1) is 18.3. The summed E-state index contributed by atoms with van der Waals surface area (Å²) in [7, 11) is 3.22. The lowest BCUT2D eigenvalue weighted by molar-refractivity contribution is 0.335. The molecule has 0 aromatic heterocycles. The highest BCUT2D eigenvalue weighted by atomic mass is 16.5. The van der Waals surface area contributed by atoms with Crippen LogP contribution < -0.4 is 14.8 Å². The van der Waals surface area contributed by atoms with Gasteiger partial charge in [0, 0.05) is 23.7 Å². The molecule has 0 saturated carbocycles. The quantitative estimate of drug-likeness (QED) is 0.854. The van der Waals surface area contributed by atoms with Gasteiger partial charge in [-0.05, 0) is 41.8 Å². The topological polar surface area (TPSA) is 63.1 Å². The number of hydrogen-bond acceptors (Lipinski definition) is 5. The maximum absolute atomic E-state index is 10.6. The van der Waals surface area contributed by atoms with Crippen LogP contribution in [-0.4, -0.2) is 31.2 Å². The van der Waals surface area contributed by atoms with Gasteiger partial charge in [-0.15, -0.1) is 0 Å². The number of aromatic hydroxyl groups is 1. The molecule has 0 saturated heterocycles. The molecular weight excluding hydrogens is 328 g/mol. The van der Waals surface area contributed by atoms with Gasteiger partial charge in [-0.3, -0.25) is 10.3 Å². The Hall–Kier alpha value is -2.53. The number of methoxy groups -OCH3 is 2. The summed E-state index contributed by atoms with van der Waals surface area (Å²) >= 11 is 0. The molecule has 2 aromatic rings. The first-order valence-electron chi connectivity index (χ1n) is 8.86. The van der Waals surface area contributed by atoms with E-state index in [1.165, 1.54) is 0 Å². The fourth-order valence-corrected chi connectivity index (χ4v) is 3.22. The van der Waals surface area contributed by atoms with E-state index in [1.807, 2.05) is 36.4 Å². The number of nitrogens with zero attached hydrogens (tertiary/aromatic N) is 1. The molecule has 2 N–H and O–H groups in total. The van der Waals surface area contributed by atoms with Crippen LogP contribution in [0.25, 0.3) is 0 Å². The molecule has 0 bridgehead atoms. The summed E-state index contributed by atoms with van der Waals surface area (Å²) in [5.41, 5.74) is 2.93. The van der Waals surface area contributed by atoms with Crippen molar-refractivity contribution in [2.24, 2.45) is 10.9 Å². The van der Waals surface area contributed by atoms with Gasteiger partial charge in [0.15, 0.2) is 11.5 Å². The van der Waals surface area contributed by atoms with E-state index in [0.717, 1.165) is 22.6 Å². The van der Waals surface area contributed by atoms with Crippen molar-refractivity contribution < 1.29 is 14.6 Å². The predicted octanol–water partition coefficient (Wildman–Crippen LogP) is 3.92. The van der Waals surface area contributed by atoms with Crippen molar-refractivity contribution in [2.45, 2.75) is 32.5 Å². The average Bonchev–Trinajstić information content (AvgIpc) is 2.67. The number of phenolic OH excluding ortho intramolecular Hbond substituents is 1. The number of aliphatic imine (C=N–C) groups is 1. The van der Waals surface area contributed by atoms with Crippen LogP contribution in [0.15, 0.2) is 47.5 Å². The third-order valence-corrected chi connectivity index (χ3v) is 4.74. The standard InChI is InChI=1S/C21H26N2O3/c1-13(2)21-22-17(14-8-10-15(25-3)11-9-14)12-18(23-21)16-6-5-7-19(26-4)20(16)24/h5-11,13,18,21,23-24H,12H2,1-4H3. The maximum Gasteiger partial charge on any atom is 0.162 e. The van der Waals surface area contributed by atoms with E-state index in [1.54, 1.807) is 20.3 Å². The van der Waals surface area contributed by atoms with E-state index in [2.05, 4.69) is 19.2 Å². The molecule has 2 unspecified atom stereocenters. The highest BCUT2D eigenvalue weighted by Crippen LogP contribution is 2.37. The smallest absolute Gasteiger partial charge is 0.162 e. The van der Waals surface area contributed by atoms with Crippen LogP contribution >= 0.6 is 0 Å². The molecule has 138 valence electrons. The lowest BCUT2D eigenvalue weighted by Gasteiger charge is -2.32. The van der Waals surface area contributed by atoms with Gasteiger partial charge in [-0.1, -0.05) is 26.0 Å². The van der Waals surface area contributed by atoms with E-state index in [0.29, 0.717) is 18.1 Å². The summed E-state index contributed by atoms with van der Waals surface area (Å²) in [4.78, 5) is 4.91. The summed E-state index contributed by atoms with van der Waals surface area (Å²) in [6.45, 7) is 4.28. The number of nitrogens with one attached hydrogen (secondary N) is 1. The lowest BCUT2D eigenvalue weighted by atomic mass is 9.93. The van der Waals surface area contributed by atoms with Crippen molar-refractivity contribution in [3.05, 3.63) is 53.6 Å². The number of para-hydroxylation sites is 1. The highest BCUT2D eigenvalue weighted by molar-refractivity contribution is 6.01. The Morgan fingerprint density at radius 3 is 2.42 bits per heavy atom. The van der Waals surface area contributed by atoms with Crippen molar-refractivity contribution in [2.75, 3.05) is 14.2 Å². The zero-order valence-corrected chi connectivity index (χ0v) is 15.7. The highest BCUT2D eigenvalue weighted by Gasteiger charge is 2.29. The Bertz CT molecular complexity index is 784. The van der Waals surface area contributed by atoms with Crippen LogP contribution in [0.5, 0.6) is 17.2 Å². The lowest BCUT2D eigenvalue weighted by Crippen LogP contribution is -2.41. The van der Waals surface area contributed by atoms with Crippen molar-refractivity contribution >= 4 is 5.71 Å². The molecule has 0 radical (unpaired) electrons. The SMILES string of the molecule is COc1ccc(C2=NC(C(C)C)NC(c3cccc(OC)c3O)C2)cc1. The molecule has 0 fully saturated rings. The summed E-state index contributed by atoms with van der Waals surface area (Å²) < 4.78 is 10.5. The van der Waals surface area contributed by atoms with E-state index in [4.69, 9.17) is 14.5 Å². The number of ether oxygens (including phenoxy) is 2. The van der Waals surface area contributed by atoms with Gasteiger partial charge in [0.25, 0.3) is 0 Å². The Labute approximate surface area is 154 Å². The minimum absolute atomic E-state index is 0.0172. The van der Waals surface area contributed by atoms with E-state index in [9.17, 15) is 5.11 Å². The zero-order valence-electron chi connectivity index (χ0n) is 15.7. The average molecular weight is 354 g/mol. The van der Waals surface area contributed by atoms with Gasteiger partial charge in [0.1, 0.15) is 11.9 Å². The molecule has 0 amide bonds. The largest absolute Gasteiger partial charge is 0.504 e. The zero-order chi connectivity index (χ0) is 18.7. The number of rotatable bonds is 5. The summed E-state index contributed by atoms with van der Waals surface area (Å²) in [6, 6.07) is 13.5. The van der Waals surface area contributed by atoms with Crippen molar-refractivity contribution in [1.82, 2.24) is 5.32 Å². The summed E-state index contributed by atoms with van der Waals surface area (Å²) in [6.07, 6.45) is 0.674. The Morgan fingerprint density at radius 1 is 1.08 bits per heavy atom. The minimum atomic E-state index is -0.0351. The van der Waals surface area contributed by atoms with Gasteiger partial charge in [0.2, 0.25) is 0 Å². The first-order valence-corrected chi connectivity index (χ1v) is 8.86. The molecular formula is C21H26N2O3. The van der Waals surface area contributed by atoms with Gasteiger partial charge < -0.3 is 14.6 Å². The molecule has 1 aliphatic heterocycles. The van der Waals surface area contributed by atoms with E-state index < -0.39 is 0 Å². The Morgan fingerprint density at radius 2 is 1.81 bits per heavy atom. The summed E-state index contributed by atoms with van der Waals surface area (Å²) in [5, 5.41) is 14.1. The third kappa shape index (κ3) is 3.68. The van der Waals surface area contributed by atoms with Crippen LogP contribution in [-0.2, 0) is 0 Å². The molecule has 1 aliphatic rings. The third-order valence-electron chi connectivity index (χ3n) is 4.74. The second-order valence-corrected chi connectivity index (χ2v) is 6.81. The van der Waals surface area contributed by atoms with Crippen molar-refractivity contribution in [1.29, 1.82) is 0 Å². The molecule has 0 spiro atoms. The van der Waals surface area contributed by atoms with Crippen LogP contribution in [0.3, 0.4) is 0 Å².